The summed E-state index contributed by atoms with van der Waals surface area (Å²) in [5, 5.41) is 0.346. The van der Waals surface area contributed by atoms with Crippen molar-refractivity contribution in [2.75, 3.05) is 6.54 Å². The van der Waals surface area contributed by atoms with Crippen LogP contribution in [0.25, 0.3) is 0 Å². The Hall–Kier alpha value is -0.510. The fourth-order valence-corrected chi connectivity index (χ4v) is 0.796. The van der Waals surface area contributed by atoms with Crippen molar-refractivity contribution in [3.8, 4) is 0 Å². The molecule has 1 heterocycles. The van der Waals surface area contributed by atoms with Gasteiger partial charge in [-0.3, -0.25) is 0 Å². The third-order valence-electron chi connectivity index (χ3n) is 1.21. The first-order valence-electron chi connectivity index (χ1n) is 2.95. The van der Waals surface area contributed by atoms with Crippen molar-refractivity contribution in [2.24, 2.45) is 11.5 Å². The highest BCUT2D eigenvalue weighted by molar-refractivity contribution is 6.28. The molecule has 0 aromatic carbocycles. The van der Waals surface area contributed by atoms with Gasteiger partial charge in [-0.1, -0.05) is 0 Å². The molecule has 3 nitrogen and oxygen atoms in total. The number of hydrogen-bond acceptors (Lipinski definition) is 3. The van der Waals surface area contributed by atoms with E-state index in [1.807, 2.05) is 0 Å². The van der Waals surface area contributed by atoms with E-state index >= 15 is 0 Å². The summed E-state index contributed by atoms with van der Waals surface area (Å²) < 4.78 is 5.00. The molecule has 4 heteroatoms. The summed E-state index contributed by atoms with van der Waals surface area (Å²) in [5.74, 6) is 0.632. The van der Waals surface area contributed by atoms with Gasteiger partial charge in [0.15, 0.2) is 5.22 Å². The van der Waals surface area contributed by atoms with E-state index in [1.54, 1.807) is 12.1 Å². The minimum atomic E-state index is -0.243. The maximum atomic E-state index is 5.53. The summed E-state index contributed by atoms with van der Waals surface area (Å²) in [7, 11) is 0. The summed E-state index contributed by atoms with van der Waals surface area (Å²) in [6.45, 7) is 0.365. The third kappa shape index (κ3) is 1.50. The second-order valence-electron chi connectivity index (χ2n) is 1.98. The molecule has 4 N–H and O–H groups in total. The van der Waals surface area contributed by atoms with E-state index in [2.05, 4.69) is 0 Å². The van der Waals surface area contributed by atoms with Crippen LogP contribution >= 0.6 is 11.6 Å². The highest BCUT2D eigenvalue weighted by Crippen LogP contribution is 2.17. The molecule has 0 amide bonds. The van der Waals surface area contributed by atoms with E-state index in [1.165, 1.54) is 0 Å². The monoisotopic (exact) mass is 160 g/mol. The Labute approximate surface area is 63.9 Å². The SMILES string of the molecule is NCC(N)c1ccc(Cl)o1. The van der Waals surface area contributed by atoms with Gasteiger partial charge in [-0.25, -0.2) is 0 Å². The Morgan fingerprint density at radius 2 is 2.30 bits per heavy atom. The van der Waals surface area contributed by atoms with Crippen LogP contribution < -0.4 is 11.5 Å². The first kappa shape index (κ1) is 7.60. The van der Waals surface area contributed by atoms with Crippen LogP contribution in [0.4, 0.5) is 0 Å². The average molecular weight is 161 g/mol. The molecule has 0 saturated heterocycles. The van der Waals surface area contributed by atoms with Crippen molar-refractivity contribution in [1.82, 2.24) is 0 Å². The van der Waals surface area contributed by atoms with E-state index in [0.717, 1.165) is 0 Å². The van der Waals surface area contributed by atoms with E-state index in [-0.39, 0.29) is 6.04 Å². The average Bonchev–Trinajstić information content (AvgIpc) is 2.34. The summed E-state index contributed by atoms with van der Waals surface area (Å²) >= 11 is 5.50. The van der Waals surface area contributed by atoms with E-state index in [9.17, 15) is 0 Å². The van der Waals surface area contributed by atoms with Gasteiger partial charge in [0.1, 0.15) is 5.76 Å². The zero-order chi connectivity index (χ0) is 7.56. The molecule has 1 aromatic heterocycles. The molecule has 1 atom stereocenters. The van der Waals surface area contributed by atoms with Crippen LogP contribution in [0.3, 0.4) is 0 Å². The van der Waals surface area contributed by atoms with E-state index in [4.69, 9.17) is 27.5 Å². The highest BCUT2D eigenvalue weighted by atomic mass is 35.5. The van der Waals surface area contributed by atoms with Crippen molar-refractivity contribution >= 4 is 11.6 Å². The summed E-state index contributed by atoms with van der Waals surface area (Å²) in [5.41, 5.74) is 10.8. The lowest BCUT2D eigenvalue weighted by molar-refractivity contribution is 0.471. The number of rotatable bonds is 2. The minimum absolute atomic E-state index is 0.243. The van der Waals surface area contributed by atoms with Gasteiger partial charge in [0.25, 0.3) is 0 Å². The molecule has 0 radical (unpaired) electrons. The summed E-state index contributed by atoms with van der Waals surface area (Å²) in [4.78, 5) is 0. The lowest BCUT2D eigenvalue weighted by Gasteiger charge is -2.02. The summed E-state index contributed by atoms with van der Waals surface area (Å²) in [6.07, 6.45) is 0. The van der Waals surface area contributed by atoms with Gasteiger partial charge in [-0.2, -0.15) is 0 Å². The van der Waals surface area contributed by atoms with Crippen molar-refractivity contribution < 1.29 is 4.42 Å². The molecule has 0 aliphatic heterocycles. The molecule has 10 heavy (non-hydrogen) atoms. The predicted octanol–water partition coefficient (Wildman–Crippen LogP) is 0.892. The van der Waals surface area contributed by atoms with Crippen LogP contribution in [-0.2, 0) is 0 Å². The molecule has 0 saturated carbocycles. The van der Waals surface area contributed by atoms with Gasteiger partial charge in [0.2, 0.25) is 0 Å². The van der Waals surface area contributed by atoms with Gasteiger partial charge in [0, 0.05) is 6.54 Å². The molecule has 0 bridgehead atoms. The lowest BCUT2D eigenvalue weighted by Crippen LogP contribution is -2.19. The van der Waals surface area contributed by atoms with E-state index < -0.39 is 0 Å². The molecule has 0 aliphatic carbocycles. The Balaban J connectivity index is 2.74. The molecule has 1 rings (SSSR count). The molecule has 1 aromatic rings. The van der Waals surface area contributed by atoms with Crippen LogP contribution in [0.2, 0.25) is 5.22 Å². The largest absolute Gasteiger partial charge is 0.448 e. The van der Waals surface area contributed by atoms with Crippen LogP contribution in [0, 0.1) is 0 Å². The third-order valence-corrected chi connectivity index (χ3v) is 1.42. The number of halogens is 1. The van der Waals surface area contributed by atoms with Crippen LogP contribution in [0.5, 0.6) is 0 Å². The molecule has 0 spiro atoms. The quantitative estimate of drug-likeness (QED) is 0.676. The zero-order valence-electron chi connectivity index (χ0n) is 5.38. The Kier molecular flexibility index (Phi) is 2.32. The smallest absolute Gasteiger partial charge is 0.193 e. The molecule has 56 valence electrons. The van der Waals surface area contributed by atoms with Gasteiger partial charge >= 0.3 is 0 Å². The standard InChI is InChI=1S/C6H9ClN2O/c7-6-2-1-5(10-6)4(9)3-8/h1-2,4H,3,8-9H2. The Morgan fingerprint density at radius 1 is 1.60 bits per heavy atom. The maximum absolute atomic E-state index is 5.53. The Bertz CT molecular complexity index is 211. The lowest BCUT2D eigenvalue weighted by atomic mass is 10.2. The minimum Gasteiger partial charge on any atom is -0.448 e. The van der Waals surface area contributed by atoms with E-state index in [0.29, 0.717) is 17.5 Å². The van der Waals surface area contributed by atoms with Crippen molar-refractivity contribution in [2.45, 2.75) is 6.04 Å². The molecule has 0 aliphatic rings. The van der Waals surface area contributed by atoms with Crippen LogP contribution in [0.15, 0.2) is 16.5 Å². The van der Waals surface area contributed by atoms with Gasteiger partial charge in [-0.05, 0) is 23.7 Å². The normalized spacial score (nSPS) is 13.5. The maximum Gasteiger partial charge on any atom is 0.193 e. The molecule has 1 unspecified atom stereocenters. The van der Waals surface area contributed by atoms with Crippen molar-refractivity contribution in [1.29, 1.82) is 0 Å². The van der Waals surface area contributed by atoms with Gasteiger partial charge in [0.05, 0.1) is 6.04 Å². The topological polar surface area (TPSA) is 65.2 Å². The van der Waals surface area contributed by atoms with Crippen LogP contribution in [-0.4, -0.2) is 6.54 Å². The second-order valence-corrected chi connectivity index (χ2v) is 2.36. The highest BCUT2D eigenvalue weighted by Gasteiger charge is 2.06. The van der Waals surface area contributed by atoms with Crippen molar-refractivity contribution in [3.63, 3.8) is 0 Å². The first-order valence-corrected chi connectivity index (χ1v) is 3.32. The number of nitrogens with two attached hydrogens (primary N) is 2. The van der Waals surface area contributed by atoms with Crippen LogP contribution in [0.1, 0.15) is 11.8 Å². The Morgan fingerprint density at radius 3 is 2.70 bits per heavy atom. The second kappa shape index (κ2) is 3.05. The fourth-order valence-electron chi connectivity index (χ4n) is 0.644. The number of furan rings is 1. The first-order chi connectivity index (χ1) is 4.74. The molecular formula is C6H9ClN2O. The molecule has 0 fully saturated rings. The zero-order valence-corrected chi connectivity index (χ0v) is 6.14. The predicted molar refractivity (Wildman–Crippen MR) is 39.7 cm³/mol. The molecular weight excluding hydrogens is 152 g/mol. The van der Waals surface area contributed by atoms with Crippen molar-refractivity contribution in [3.05, 3.63) is 23.1 Å². The number of hydrogen-bond donors (Lipinski definition) is 2. The van der Waals surface area contributed by atoms with Gasteiger partial charge in [-0.15, -0.1) is 0 Å². The fraction of sp³-hybridized carbons (Fsp3) is 0.333. The van der Waals surface area contributed by atoms with Gasteiger partial charge < -0.3 is 15.9 Å². The summed E-state index contributed by atoms with van der Waals surface area (Å²) in [6, 6.07) is 3.12.